The number of nitrogens with zero attached hydrogens (tertiary/aromatic N) is 2. The number of hydrogen-bond acceptors (Lipinski definition) is 4. The van der Waals surface area contributed by atoms with Crippen molar-refractivity contribution in [3.05, 3.63) is 59.3 Å². The number of rotatable bonds is 6. The Morgan fingerprint density at radius 2 is 1.76 bits per heavy atom. The van der Waals surface area contributed by atoms with Crippen LogP contribution in [0.25, 0.3) is 10.9 Å². The van der Waals surface area contributed by atoms with Gasteiger partial charge in [0.05, 0.1) is 26.4 Å². The second-order valence-corrected chi connectivity index (χ2v) is 7.20. The average molecular weight is 394 g/mol. The molecule has 1 aliphatic heterocycles. The molecule has 4 rings (SSSR count). The van der Waals surface area contributed by atoms with Gasteiger partial charge in [0.2, 0.25) is 0 Å². The first-order chi connectivity index (χ1) is 14.2. The first-order valence-electron chi connectivity index (χ1n) is 9.76. The number of amides is 1. The summed E-state index contributed by atoms with van der Waals surface area (Å²) in [5.41, 5.74) is 4.09. The minimum absolute atomic E-state index is 0.0535. The molecule has 1 amide bonds. The van der Waals surface area contributed by atoms with E-state index >= 15 is 0 Å². The van der Waals surface area contributed by atoms with Gasteiger partial charge in [-0.1, -0.05) is 18.2 Å². The molecule has 0 N–H and O–H groups in total. The maximum Gasteiger partial charge on any atom is 0.256 e. The summed E-state index contributed by atoms with van der Waals surface area (Å²) in [6, 6.07) is 12.0. The van der Waals surface area contributed by atoms with Crippen molar-refractivity contribution in [2.75, 3.05) is 34.5 Å². The van der Waals surface area contributed by atoms with Crippen LogP contribution in [0.5, 0.6) is 11.5 Å². The summed E-state index contributed by atoms with van der Waals surface area (Å²) >= 11 is 0. The molecule has 0 spiro atoms. The molecule has 0 atom stereocenters. The molecule has 0 aliphatic carbocycles. The van der Waals surface area contributed by atoms with Crippen LogP contribution < -0.4 is 9.47 Å². The summed E-state index contributed by atoms with van der Waals surface area (Å²) in [6.45, 7) is 2.56. The SMILES string of the molecule is COCCn1cc(C(=O)N2CCc3cc(OC)c(OC)cc3C2)c2ccccc21. The number of carbonyl (C=O) groups is 1. The highest BCUT2D eigenvalue weighted by atomic mass is 16.5. The van der Waals surface area contributed by atoms with Crippen molar-refractivity contribution >= 4 is 16.8 Å². The zero-order valence-electron chi connectivity index (χ0n) is 17.1. The molecule has 3 aromatic rings. The van der Waals surface area contributed by atoms with Gasteiger partial charge in [0.1, 0.15) is 0 Å². The fraction of sp³-hybridized carbons (Fsp3) is 0.348. The molecule has 0 fully saturated rings. The van der Waals surface area contributed by atoms with Crippen molar-refractivity contribution in [3.8, 4) is 11.5 Å². The summed E-state index contributed by atoms with van der Waals surface area (Å²) in [5, 5.41) is 0.978. The van der Waals surface area contributed by atoms with Crippen LogP contribution in [0, 0.1) is 0 Å². The zero-order chi connectivity index (χ0) is 20.4. The number of aromatic nitrogens is 1. The monoisotopic (exact) mass is 394 g/mol. The van der Waals surface area contributed by atoms with Crippen molar-refractivity contribution in [3.63, 3.8) is 0 Å². The molecule has 1 aliphatic rings. The van der Waals surface area contributed by atoms with Gasteiger partial charge in [0.15, 0.2) is 11.5 Å². The second-order valence-electron chi connectivity index (χ2n) is 7.20. The van der Waals surface area contributed by atoms with Crippen LogP contribution in [-0.2, 0) is 24.2 Å². The van der Waals surface area contributed by atoms with E-state index < -0.39 is 0 Å². The molecule has 29 heavy (non-hydrogen) atoms. The molecule has 1 aromatic heterocycles. The van der Waals surface area contributed by atoms with E-state index in [2.05, 4.69) is 4.57 Å². The molecule has 0 radical (unpaired) electrons. The lowest BCUT2D eigenvalue weighted by Gasteiger charge is -2.29. The van der Waals surface area contributed by atoms with Gasteiger partial charge in [-0.15, -0.1) is 0 Å². The van der Waals surface area contributed by atoms with Gasteiger partial charge in [-0.25, -0.2) is 0 Å². The Labute approximate surface area is 170 Å². The molecule has 2 heterocycles. The van der Waals surface area contributed by atoms with Crippen molar-refractivity contribution in [2.45, 2.75) is 19.5 Å². The van der Waals surface area contributed by atoms with E-state index in [0.29, 0.717) is 32.0 Å². The molecule has 6 nitrogen and oxygen atoms in total. The Kier molecular flexibility index (Phi) is 5.45. The highest BCUT2D eigenvalue weighted by molar-refractivity contribution is 6.07. The van der Waals surface area contributed by atoms with E-state index in [-0.39, 0.29) is 5.91 Å². The van der Waals surface area contributed by atoms with Crippen LogP contribution in [0.1, 0.15) is 21.5 Å². The number of ether oxygens (including phenoxy) is 3. The van der Waals surface area contributed by atoms with E-state index in [4.69, 9.17) is 14.2 Å². The molecule has 6 heteroatoms. The van der Waals surface area contributed by atoms with Gasteiger partial charge < -0.3 is 23.7 Å². The first-order valence-corrected chi connectivity index (χ1v) is 9.76. The van der Waals surface area contributed by atoms with Gasteiger partial charge in [-0.3, -0.25) is 4.79 Å². The maximum absolute atomic E-state index is 13.4. The van der Waals surface area contributed by atoms with Crippen LogP contribution in [0.3, 0.4) is 0 Å². The molecule has 152 valence electrons. The third-order valence-electron chi connectivity index (χ3n) is 5.56. The molecule has 0 unspecified atom stereocenters. The van der Waals surface area contributed by atoms with Crippen molar-refractivity contribution in [1.82, 2.24) is 9.47 Å². The number of carbonyl (C=O) groups excluding carboxylic acids is 1. The third kappa shape index (κ3) is 3.56. The summed E-state index contributed by atoms with van der Waals surface area (Å²) in [4.78, 5) is 15.3. The largest absolute Gasteiger partial charge is 0.493 e. The van der Waals surface area contributed by atoms with Crippen LogP contribution in [-0.4, -0.2) is 49.9 Å². The molecule has 0 saturated carbocycles. The number of para-hydroxylation sites is 1. The Balaban J connectivity index is 1.65. The highest BCUT2D eigenvalue weighted by Crippen LogP contribution is 2.34. The van der Waals surface area contributed by atoms with E-state index in [1.165, 1.54) is 5.56 Å². The second kappa shape index (κ2) is 8.17. The lowest BCUT2D eigenvalue weighted by Crippen LogP contribution is -2.36. The minimum Gasteiger partial charge on any atom is -0.493 e. The van der Waals surface area contributed by atoms with E-state index in [1.807, 2.05) is 47.5 Å². The standard InChI is InChI=1S/C23H26N2O4/c1-27-11-10-24-15-19(18-6-4-5-7-20(18)24)23(26)25-9-8-16-12-21(28-2)22(29-3)13-17(16)14-25/h4-7,12-13,15H,8-11,14H2,1-3H3. The Bertz CT molecular complexity index is 1040. The van der Waals surface area contributed by atoms with Crippen LogP contribution in [0.15, 0.2) is 42.6 Å². The zero-order valence-corrected chi connectivity index (χ0v) is 17.1. The lowest BCUT2D eigenvalue weighted by atomic mass is 9.98. The predicted octanol–water partition coefficient (Wildman–Crippen LogP) is 3.50. The Morgan fingerprint density at radius 1 is 1.03 bits per heavy atom. The molecule has 0 bridgehead atoms. The molecule has 0 saturated heterocycles. The fourth-order valence-electron chi connectivity index (χ4n) is 4.02. The van der Waals surface area contributed by atoms with Crippen molar-refractivity contribution in [2.24, 2.45) is 0 Å². The molecular formula is C23H26N2O4. The molecular weight excluding hydrogens is 368 g/mol. The van der Waals surface area contributed by atoms with Gasteiger partial charge in [-0.2, -0.15) is 0 Å². The van der Waals surface area contributed by atoms with Gasteiger partial charge >= 0.3 is 0 Å². The van der Waals surface area contributed by atoms with Gasteiger partial charge in [0.25, 0.3) is 5.91 Å². The average Bonchev–Trinajstić information content (AvgIpc) is 3.14. The number of hydrogen-bond donors (Lipinski definition) is 0. The van der Waals surface area contributed by atoms with Crippen molar-refractivity contribution < 1.29 is 19.0 Å². The minimum atomic E-state index is 0.0535. The van der Waals surface area contributed by atoms with Crippen LogP contribution in [0.4, 0.5) is 0 Å². The summed E-state index contributed by atoms with van der Waals surface area (Å²) in [7, 11) is 4.96. The highest BCUT2D eigenvalue weighted by Gasteiger charge is 2.26. The van der Waals surface area contributed by atoms with Crippen molar-refractivity contribution in [1.29, 1.82) is 0 Å². The first kappa shape index (κ1) is 19.3. The third-order valence-corrected chi connectivity index (χ3v) is 5.56. The normalized spacial score (nSPS) is 13.4. The summed E-state index contributed by atoms with van der Waals surface area (Å²) < 4.78 is 18.2. The Hall–Kier alpha value is -2.99. The molecule has 2 aromatic carbocycles. The predicted molar refractivity (Wildman–Crippen MR) is 112 cm³/mol. The quantitative estimate of drug-likeness (QED) is 0.642. The Morgan fingerprint density at radius 3 is 2.48 bits per heavy atom. The number of fused-ring (bicyclic) bond motifs is 2. The number of methoxy groups -OCH3 is 3. The summed E-state index contributed by atoms with van der Waals surface area (Å²) in [6.07, 6.45) is 2.75. The smallest absolute Gasteiger partial charge is 0.256 e. The maximum atomic E-state index is 13.4. The van der Waals surface area contributed by atoms with E-state index in [1.54, 1.807) is 21.3 Å². The van der Waals surface area contributed by atoms with Crippen LogP contribution >= 0.6 is 0 Å². The lowest BCUT2D eigenvalue weighted by molar-refractivity contribution is 0.0736. The number of benzene rings is 2. The summed E-state index contributed by atoms with van der Waals surface area (Å²) in [5.74, 6) is 1.47. The fourth-order valence-corrected chi connectivity index (χ4v) is 4.02. The topological polar surface area (TPSA) is 52.9 Å². The van der Waals surface area contributed by atoms with E-state index in [0.717, 1.165) is 34.2 Å². The van der Waals surface area contributed by atoms with Crippen LogP contribution in [0.2, 0.25) is 0 Å². The van der Waals surface area contributed by atoms with Gasteiger partial charge in [-0.05, 0) is 35.7 Å². The van der Waals surface area contributed by atoms with E-state index in [9.17, 15) is 4.79 Å². The van der Waals surface area contributed by atoms with Gasteiger partial charge in [0, 0.05) is 43.8 Å².